The van der Waals surface area contributed by atoms with Gasteiger partial charge < -0.3 is 23.4 Å². The van der Waals surface area contributed by atoms with Crippen LogP contribution in [0.25, 0.3) is 6.08 Å². The quantitative estimate of drug-likeness (QED) is 0.511. The molecule has 0 radical (unpaired) electrons. The molecule has 0 saturated carbocycles. The van der Waals surface area contributed by atoms with Gasteiger partial charge in [0.2, 0.25) is 5.76 Å². The van der Waals surface area contributed by atoms with Crippen molar-refractivity contribution in [1.82, 2.24) is 0 Å². The highest BCUT2D eigenvalue weighted by molar-refractivity contribution is 5.87. The number of methoxy groups -OCH3 is 2. The summed E-state index contributed by atoms with van der Waals surface area (Å²) in [6.45, 7) is -3.15. The molecule has 2 aromatic rings. The second-order valence-corrected chi connectivity index (χ2v) is 4.99. The second kappa shape index (κ2) is 9.37. The number of carbonyl (C=O) groups excluding carboxylic acids is 2. The van der Waals surface area contributed by atoms with Gasteiger partial charge in [0.05, 0.1) is 14.2 Å². The minimum absolute atomic E-state index is 0.00251. The maximum atomic E-state index is 12.3. The van der Waals surface area contributed by atoms with Gasteiger partial charge in [-0.1, -0.05) is 6.07 Å². The van der Waals surface area contributed by atoms with Crippen molar-refractivity contribution < 1.29 is 41.7 Å². The lowest BCUT2D eigenvalue weighted by Gasteiger charge is -2.10. The number of halogens is 2. The lowest BCUT2D eigenvalue weighted by Crippen LogP contribution is -2.03. The fourth-order valence-corrected chi connectivity index (χ4v) is 2.00. The summed E-state index contributed by atoms with van der Waals surface area (Å²) >= 11 is 0. The summed E-state index contributed by atoms with van der Waals surface area (Å²) in [7, 11) is 2.53. The Morgan fingerprint density at radius 3 is 2.59 bits per heavy atom. The topological polar surface area (TPSA) is 84.2 Å². The molecule has 0 spiro atoms. The molecule has 2 rings (SSSR count). The first-order chi connectivity index (χ1) is 12.9. The highest BCUT2D eigenvalue weighted by Gasteiger charge is 2.12. The van der Waals surface area contributed by atoms with E-state index in [1.807, 2.05) is 0 Å². The second-order valence-electron chi connectivity index (χ2n) is 4.99. The average Bonchev–Trinajstić information content (AvgIpc) is 3.13. The van der Waals surface area contributed by atoms with E-state index in [2.05, 4.69) is 9.47 Å². The van der Waals surface area contributed by atoms with Gasteiger partial charge in [-0.2, -0.15) is 8.78 Å². The molecule has 1 aromatic heterocycles. The molecule has 0 unspecified atom stereocenters. The monoisotopic (exact) mass is 382 g/mol. The standard InChI is InChI=1S/C18H16F2O7/c1-23-15-9-11(3-6-13(15)27-18(19)20)4-8-16(21)25-10-12-5-7-14(26-12)17(22)24-2/h3-9,18H,10H2,1-2H3/b8-4+. The maximum Gasteiger partial charge on any atom is 0.387 e. The van der Waals surface area contributed by atoms with Crippen molar-refractivity contribution in [2.75, 3.05) is 14.2 Å². The van der Waals surface area contributed by atoms with Crippen LogP contribution in [0.3, 0.4) is 0 Å². The highest BCUT2D eigenvalue weighted by atomic mass is 19.3. The van der Waals surface area contributed by atoms with Crippen LogP contribution in [0.15, 0.2) is 40.8 Å². The van der Waals surface area contributed by atoms with Crippen LogP contribution in [-0.4, -0.2) is 32.8 Å². The predicted octanol–water partition coefficient (Wildman–Crippen LogP) is 3.43. The summed E-state index contributed by atoms with van der Waals surface area (Å²) in [6, 6.07) is 7.08. The molecule has 1 aromatic carbocycles. The molecule has 0 aliphatic rings. The van der Waals surface area contributed by atoms with Gasteiger partial charge in [-0.25, -0.2) is 9.59 Å². The Morgan fingerprint density at radius 1 is 1.15 bits per heavy atom. The number of hydrogen-bond acceptors (Lipinski definition) is 7. The van der Waals surface area contributed by atoms with Crippen molar-refractivity contribution in [3.63, 3.8) is 0 Å². The fraction of sp³-hybridized carbons (Fsp3) is 0.222. The molecule has 144 valence electrons. The van der Waals surface area contributed by atoms with Crippen molar-refractivity contribution in [2.45, 2.75) is 13.2 Å². The molecule has 1 heterocycles. The Labute approximate surface area is 153 Å². The van der Waals surface area contributed by atoms with E-state index in [1.54, 1.807) is 0 Å². The normalized spacial score (nSPS) is 10.9. The average molecular weight is 382 g/mol. The van der Waals surface area contributed by atoms with Gasteiger partial charge in [-0.3, -0.25) is 0 Å². The van der Waals surface area contributed by atoms with Crippen LogP contribution in [-0.2, 0) is 20.9 Å². The largest absolute Gasteiger partial charge is 0.493 e. The summed E-state index contributed by atoms with van der Waals surface area (Å²) in [4.78, 5) is 23.0. The molecule has 0 bridgehead atoms. The van der Waals surface area contributed by atoms with E-state index in [9.17, 15) is 18.4 Å². The molecule has 27 heavy (non-hydrogen) atoms. The van der Waals surface area contributed by atoms with Crippen LogP contribution in [0.1, 0.15) is 21.9 Å². The zero-order valence-electron chi connectivity index (χ0n) is 14.4. The third-order valence-corrected chi connectivity index (χ3v) is 3.22. The fourth-order valence-electron chi connectivity index (χ4n) is 2.00. The van der Waals surface area contributed by atoms with Crippen LogP contribution >= 0.6 is 0 Å². The van der Waals surface area contributed by atoms with E-state index in [0.29, 0.717) is 5.56 Å². The van der Waals surface area contributed by atoms with Gasteiger partial charge in [0.25, 0.3) is 0 Å². The number of esters is 2. The molecule has 0 fully saturated rings. The van der Waals surface area contributed by atoms with E-state index in [0.717, 1.165) is 6.08 Å². The zero-order valence-corrected chi connectivity index (χ0v) is 14.4. The molecule has 9 heteroatoms. The predicted molar refractivity (Wildman–Crippen MR) is 88.5 cm³/mol. The Hall–Kier alpha value is -3.36. The summed E-state index contributed by atoms with van der Waals surface area (Å²) < 4.78 is 48.5. The van der Waals surface area contributed by atoms with E-state index in [-0.39, 0.29) is 29.6 Å². The molecule has 0 saturated heterocycles. The number of rotatable bonds is 8. The number of furan rings is 1. The van der Waals surface area contributed by atoms with Crippen LogP contribution in [0.4, 0.5) is 8.78 Å². The molecule has 0 atom stereocenters. The summed E-state index contributed by atoms with van der Waals surface area (Å²) in [5, 5.41) is 0. The SMILES string of the molecule is COC(=O)c1ccc(COC(=O)/C=C/c2ccc(OC(F)F)c(OC)c2)o1. The lowest BCUT2D eigenvalue weighted by molar-refractivity contribution is -0.139. The summed E-state index contributed by atoms with van der Waals surface area (Å²) in [5.74, 6) is -1.06. The number of alkyl halides is 2. The maximum absolute atomic E-state index is 12.3. The van der Waals surface area contributed by atoms with E-state index >= 15 is 0 Å². The van der Waals surface area contributed by atoms with Crippen LogP contribution in [0.5, 0.6) is 11.5 Å². The van der Waals surface area contributed by atoms with Gasteiger partial charge in [0.1, 0.15) is 12.4 Å². The minimum Gasteiger partial charge on any atom is -0.493 e. The van der Waals surface area contributed by atoms with Crippen molar-refractivity contribution in [3.05, 3.63) is 53.5 Å². The van der Waals surface area contributed by atoms with Gasteiger partial charge in [-0.15, -0.1) is 0 Å². The first kappa shape index (κ1) is 20.0. The molecule has 0 aliphatic heterocycles. The van der Waals surface area contributed by atoms with E-state index in [4.69, 9.17) is 13.9 Å². The summed E-state index contributed by atoms with van der Waals surface area (Å²) in [5.41, 5.74) is 0.511. The number of benzene rings is 1. The van der Waals surface area contributed by atoms with Crippen molar-refractivity contribution in [3.8, 4) is 11.5 Å². The first-order valence-corrected chi connectivity index (χ1v) is 7.57. The highest BCUT2D eigenvalue weighted by Crippen LogP contribution is 2.29. The lowest BCUT2D eigenvalue weighted by atomic mass is 10.2. The summed E-state index contributed by atoms with van der Waals surface area (Å²) in [6.07, 6.45) is 2.56. The third kappa shape index (κ3) is 5.84. The Morgan fingerprint density at radius 2 is 1.93 bits per heavy atom. The number of hydrogen-bond donors (Lipinski definition) is 0. The van der Waals surface area contributed by atoms with Crippen molar-refractivity contribution in [2.24, 2.45) is 0 Å². The van der Waals surface area contributed by atoms with Gasteiger partial charge >= 0.3 is 18.6 Å². The molecule has 0 aliphatic carbocycles. The van der Waals surface area contributed by atoms with Crippen LogP contribution < -0.4 is 9.47 Å². The smallest absolute Gasteiger partial charge is 0.387 e. The molecular formula is C18H16F2O7. The van der Waals surface area contributed by atoms with Crippen LogP contribution in [0.2, 0.25) is 0 Å². The van der Waals surface area contributed by atoms with Gasteiger partial charge in [0.15, 0.2) is 11.5 Å². The van der Waals surface area contributed by atoms with E-state index in [1.165, 1.54) is 50.6 Å². The Bertz CT molecular complexity index is 827. The Kier molecular flexibility index (Phi) is 6.93. The van der Waals surface area contributed by atoms with Gasteiger partial charge in [0, 0.05) is 6.08 Å². The Balaban J connectivity index is 1.94. The number of carbonyl (C=O) groups is 2. The zero-order chi connectivity index (χ0) is 19.8. The first-order valence-electron chi connectivity index (χ1n) is 7.57. The molecule has 0 amide bonds. The number of ether oxygens (including phenoxy) is 4. The third-order valence-electron chi connectivity index (χ3n) is 3.22. The van der Waals surface area contributed by atoms with E-state index < -0.39 is 18.6 Å². The molecule has 0 N–H and O–H groups in total. The van der Waals surface area contributed by atoms with Crippen molar-refractivity contribution >= 4 is 18.0 Å². The molecule has 7 nitrogen and oxygen atoms in total. The van der Waals surface area contributed by atoms with Crippen molar-refractivity contribution in [1.29, 1.82) is 0 Å². The molecular weight excluding hydrogens is 366 g/mol. The minimum atomic E-state index is -2.98. The van der Waals surface area contributed by atoms with Crippen LogP contribution in [0, 0.1) is 0 Å². The van der Waals surface area contributed by atoms with Gasteiger partial charge in [-0.05, 0) is 35.9 Å².